The lowest BCUT2D eigenvalue weighted by molar-refractivity contribution is 0.590. The Bertz CT molecular complexity index is 5440. The molecule has 3 heterocycles. The number of para-hydroxylation sites is 1. The molecule has 3 nitrogen and oxygen atoms in total. The summed E-state index contributed by atoms with van der Waals surface area (Å²) in [7, 11) is 0. The number of hydrogen-bond acceptors (Lipinski definition) is 2. The van der Waals surface area contributed by atoms with E-state index in [9.17, 15) is 0 Å². The summed E-state index contributed by atoms with van der Waals surface area (Å²) < 4.78 is 2.59. The van der Waals surface area contributed by atoms with Crippen molar-refractivity contribution in [3.8, 4) is 61.3 Å². The van der Waals surface area contributed by atoms with Crippen LogP contribution in [0.1, 0.15) is 101 Å². The first-order valence-corrected chi connectivity index (χ1v) is 33.9. The number of aromatic nitrogens is 1. The zero-order valence-corrected chi connectivity index (χ0v) is 55.6. The third-order valence-electron chi connectivity index (χ3n) is 21.4. The van der Waals surface area contributed by atoms with Gasteiger partial charge in [-0.2, -0.15) is 0 Å². The van der Waals surface area contributed by atoms with Crippen molar-refractivity contribution in [1.29, 1.82) is 0 Å². The third kappa shape index (κ3) is 8.39. The van der Waals surface area contributed by atoms with Crippen LogP contribution < -0.4 is 26.2 Å². The SMILES string of the molecule is CC(C)(C)c1ccc(N2c3ccc(-c4ccccc4)cc3B3c4ccc(-n5c6ccccc6c6c7c(ccc65)-c5ccccc5C75c6ccccc6-c6ccccc65)cc4N(c4ccc(C(C)(C)C)cc4-c4ccccc4)c4cc(C(C)(C)C)cc2c43)c(-c2ccccc2)c1. The van der Waals surface area contributed by atoms with Crippen LogP contribution in [-0.2, 0) is 21.7 Å². The van der Waals surface area contributed by atoms with E-state index in [1.165, 1.54) is 150 Å². The van der Waals surface area contributed by atoms with E-state index in [-0.39, 0.29) is 23.0 Å². The van der Waals surface area contributed by atoms with Gasteiger partial charge in [0.2, 0.25) is 0 Å². The first kappa shape index (κ1) is 57.0. The number of fused-ring (bicyclic) bond motifs is 18. The van der Waals surface area contributed by atoms with Gasteiger partial charge in [-0.05, 0) is 183 Å². The summed E-state index contributed by atoms with van der Waals surface area (Å²) in [6.45, 7) is 21.0. The molecule has 4 aliphatic rings. The summed E-state index contributed by atoms with van der Waals surface area (Å²) in [4.78, 5) is 5.33. The van der Waals surface area contributed by atoms with Crippen LogP contribution in [-0.4, -0.2) is 11.3 Å². The molecule has 0 radical (unpaired) electrons. The molecule has 2 aliphatic carbocycles. The quantitative estimate of drug-likeness (QED) is 0.154. The lowest BCUT2D eigenvalue weighted by Gasteiger charge is -2.46. The van der Waals surface area contributed by atoms with Gasteiger partial charge in [-0.3, -0.25) is 0 Å². The van der Waals surface area contributed by atoms with E-state index in [2.05, 4.69) is 362 Å². The average Bonchev–Trinajstić information content (AvgIpc) is 1.56. The van der Waals surface area contributed by atoms with Gasteiger partial charge in [0, 0.05) is 50.3 Å². The molecular formula is C91H74BN3. The van der Waals surface area contributed by atoms with Crippen LogP contribution in [0.2, 0.25) is 0 Å². The fourth-order valence-corrected chi connectivity index (χ4v) is 16.9. The molecule has 456 valence electrons. The molecule has 0 bridgehead atoms. The van der Waals surface area contributed by atoms with Crippen molar-refractivity contribution in [2.75, 3.05) is 9.80 Å². The molecule has 1 aromatic heterocycles. The number of nitrogens with zero attached hydrogens (tertiary/aromatic N) is 3. The van der Waals surface area contributed by atoms with Crippen molar-refractivity contribution in [1.82, 2.24) is 4.57 Å². The maximum absolute atomic E-state index is 2.69. The molecule has 2 aliphatic heterocycles. The van der Waals surface area contributed by atoms with Crippen LogP contribution in [0.5, 0.6) is 0 Å². The predicted octanol–water partition coefficient (Wildman–Crippen LogP) is 22.1. The Balaban J connectivity index is 0.963. The molecule has 0 unspecified atom stereocenters. The van der Waals surface area contributed by atoms with Gasteiger partial charge >= 0.3 is 0 Å². The minimum atomic E-state index is -0.531. The summed E-state index contributed by atoms with van der Waals surface area (Å²) in [5, 5.41) is 2.54. The van der Waals surface area contributed by atoms with Gasteiger partial charge in [0.05, 0.1) is 27.8 Å². The van der Waals surface area contributed by atoms with Crippen molar-refractivity contribution in [2.24, 2.45) is 0 Å². The Kier molecular flexibility index (Phi) is 12.4. The molecule has 0 saturated carbocycles. The Morgan fingerprint density at radius 3 is 1.32 bits per heavy atom. The van der Waals surface area contributed by atoms with E-state index in [0.717, 1.165) is 22.7 Å². The summed E-state index contributed by atoms with van der Waals surface area (Å²) >= 11 is 0. The molecule has 1 spiro atoms. The molecular weight excluding hydrogens is 1150 g/mol. The fourth-order valence-electron chi connectivity index (χ4n) is 16.9. The highest BCUT2D eigenvalue weighted by Gasteiger charge is 2.53. The Labute approximate surface area is 559 Å². The summed E-state index contributed by atoms with van der Waals surface area (Å²) in [5.74, 6) is 0. The van der Waals surface area contributed by atoms with Crippen molar-refractivity contribution in [3.63, 3.8) is 0 Å². The minimum absolute atomic E-state index is 0.0768. The largest absolute Gasteiger partial charge is 0.311 e. The van der Waals surface area contributed by atoms with Crippen LogP contribution >= 0.6 is 0 Å². The molecule has 0 amide bonds. The number of rotatable bonds is 6. The second-order valence-corrected chi connectivity index (χ2v) is 30.0. The van der Waals surface area contributed by atoms with Crippen molar-refractivity contribution in [2.45, 2.75) is 84.0 Å². The highest BCUT2D eigenvalue weighted by Crippen LogP contribution is 2.65. The van der Waals surface area contributed by atoms with Crippen LogP contribution in [0.15, 0.2) is 285 Å². The highest BCUT2D eigenvalue weighted by atomic mass is 15.2. The van der Waals surface area contributed by atoms with Crippen LogP contribution in [0.25, 0.3) is 83.1 Å². The van der Waals surface area contributed by atoms with E-state index in [4.69, 9.17) is 0 Å². The Hall–Kier alpha value is -10.7. The lowest BCUT2D eigenvalue weighted by atomic mass is 9.33. The fraction of sp³-hybridized carbons (Fsp3) is 0.143. The number of benzene rings is 13. The zero-order valence-electron chi connectivity index (χ0n) is 55.6. The van der Waals surface area contributed by atoms with Gasteiger partial charge in [-0.25, -0.2) is 0 Å². The molecule has 14 aromatic rings. The molecule has 0 atom stereocenters. The normalized spacial score (nSPS) is 14.0. The Morgan fingerprint density at radius 2 is 0.768 bits per heavy atom. The average molecular weight is 1220 g/mol. The maximum Gasteiger partial charge on any atom is 0.252 e. The summed E-state index contributed by atoms with van der Waals surface area (Å²) in [6, 6.07) is 109. The van der Waals surface area contributed by atoms with Gasteiger partial charge in [-0.15, -0.1) is 0 Å². The summed E-state index contributed by atoms with van der Waals surface area (Å²) in [5.41, 5.74) is 35.1. The number of hydrogen-bond donors (Lipinski definition) is 0. The minimum Gasteiger partial charge on any atom is -0.311 e. The van der Waals surface area contributed by atoms with E-state index in [1.807, 2.05) is 0 Å². The van der Waals surface area contributed by atoms with Gasteiger partial charge < -0.3 is 14.4 Å². The standard InChI is InChI=1S/C91H74BN3/c1-88(2,3)61-42-48-78(70(52-61)58-29-15-11-16-30-58)94-80-47-41-60(57-27-13-10-14-28-57)51-76(80)92-75-46-44-64(56-82(75)95(84-55-63(90(7,8)9)54-83(94)87(84)92)79-49-43-62(89(4,5)6)53-71(79)59-31-17-12-18-32-59)93-77-40-26-22-36-69(77)85-81(93)50-45-68-67-35-21-25-39-74(67)91(86(68)85)72-37-23-19-33-65(72)66-34-20-24-38-73(66)91/h10-56H,1-9H3. The maximum atomic E-state index is 2.69. The first-order chi connectivity index (χ1) is 46.1. The molecule has 18 rings (SSSR count). The van der Waals surface area contributed by atoms with Gasteiger partial charge in [0.25, 0.3) is 6.71 Å². The van der Waals surface area contributed by atoms with Crippen molar-refractivity contribution in [3.05, 3.63) is 324 Å². The van der Waals surface area contributed by atoms with Crippen LogP contribution in [0, 0.1) is 0 Å². The van der Waals surface area contributed by atoms with Crippen LogP contribution in [0.3, 0.4) is 0 Å². The first-order valence-electron chi connectivity index (χ1n) is 33.9. The van der Waals surface area contributed by atoms with E-state index < -0.39 is 5.41 Å². The van der Waals surface area contributed by atoms with Gasteiger partial charge in [0.1, 0.15) is 0 Å². The highest BCUT2D eigenvalue weighted by molar-refractivity contribution is 7.00. The molecule has 0 N–H and O–H groups in total. The topological polar surface area (TPSA) is 11.4 Å². The molecule has 13 aromatic carbocycles. The second-order valence-electron chi connectivity index (χ2n) is 30.0. The van der Waals surface area contributed by atoms with E-state index in [1.54, 1.807) is 0 Å². The third-order valence-corrected chi connectivity index (χ3v) is 21.4. The zero-order chi connectivity index (χ0) is 64.4. The van der Waals surface area contributed by atoms with Gasteiger partial charge in [0.15, 0.2) is 0 Å². The molecule has 0 fully saturated rings. The van der Waals surface area contributed by atoms with Crippen LogP contribution in [0.4, 0.5) is 34.1 Å². The van der Waals surface area contributed by atoms with E-state index >= 15 is 0 Å². The smallest absolute Gasteiger partial charge is 0.252 e. The molecule has 0 saturated heterocycles. The summed E-state index contributed by atoms with van der Waals surface area (Å²) in [6.07, 6.45) is 0. The van der Waals surface area contributed by atoms with Crippen molar-refractivity contribution < 1.29 is 0 Å². The lowest BCUT2D eigenvalue weighted by Crippen LogP contribution is -2.61. The van der Waals surface area contributed by atoms with E-state index in [0.29, 0.717) is 0 Å². The predicted molar refractivity (Wildman–Crippen MR) is 404 cm³/mol. The molecule has 4 heteroatoms. The van der Waals surface area contributed by atoms with Gasteiger partial charge in [-0.1, -0.05) is 281 Å². The monoisotopic (exact) mass is 1220 g/mol. The second kappa shape index (κ2) is 20.7. The number of anilines is 6. The van der Waals surface area contributed by atoms with Crippen molar-refractivity contribution >= 4 is 79.0 Å². The molecule has 95 heavy (non-hydrogen) atoms. The Morgan fingerprint density at radius 1 is 0.295 bits per heavy atom.